The molecule has 5 heteroatoms. The summed E-state index contributed by atoms with van der Waals surface area (Å²) in [6.07, 6.45) is 4.20. The van der Waals surface area contributed by atoms with Crippen LogP contribution in [0.1, 0.15) is 25.0 Å². The highest BCUT2D eigenvalue weighted by Crippen LogP contribution is 2.07. The number of hydrogen-bond donors (Lipinski definition) is 1. The van der Waals surface area contributed by atoms with Gasteiger partial charge in [0.15, 0.2) is 0 Å². The van der Waals surface area contributed by atoms with Crippen LogP contribution in [0.25, 0.3) is 5.69 Å². The molecular formula is C13H15N3O2. The lowest BCUT2D eigenvalue weighted by Gasteiger charge is -1.98. The van der Waals surface area contributed by atoms with E-state index >= 15 is 0 Å². The summed E-state index contributed by atoms with van der Waals surface area (Å²) < 4.78 is 0. The van der Waals surface area contributed by atoms with Crippen molar-refractivity contribution in [1.82, 2.24) is 15.0 Å². The molecule has 1 aromatic carbocycles. The first kappa shape index (κ1) is 12.3. The SMILES string of the molecule is O=C(O)CCCCc1cnn(-c2ccccc2)n1. The van der Waals surface area contributed by atoms with Crippen molar-refractivity contribution in [3.63, 3.8) is 0 Å². The summed E-state index contributed by atoms with van der Waals surface area (Å²) in [6, 6.07) is 9.69. The summed E-state index contributed by atoms with van der Waals surface area (Å²) in [5, 5.41) is 17.1. The van der Waals surface area contributed by atoms with E-state index in [9.17, 15) is 4.79 Å². The molecule has 1 N–H and O–H groups in total. The van der Waals surface area contributed by atoms with Crippen LogP contribution in [0.3, 0.4) is 0 Å². The molecule has 18 heavy (non-hydrogen) atoms. The molecule has 0 aliphatic rings. The fourth-order valence-corrected chi connectivity index (χ4v) is 1.68. The Balaban J connectivity index is 1.89. The first-order valence-electron chi connectivity index (χ1n) is 5.94. The summed E-state index contributed by atoms with van der Waals surface area (Å²) in [6.45, 7) is 0. The molecule has 0 aliphatic carbocycles. The number of nitrogens with zero attached hydrogens (tertiary/aromatic N) is 3. The number of hydrogen-bond acceptors (Lipinski definition) is 3. The maximum Gasteiger partial charge on any atom is 0.303 e. The molecule has 0 spiro atoms. The van der Waals surface area contributed by atoms with Crippen molar-refractivity contribution in [2.75, 3.05) is 0 Å². The van der Waals surface area contributed by atoms with E-state index < -0.39 is 5.97 Å². The van der Waals surface area contributed by atoms with Crippen LogP contribution < -0.4 is 0 Å². The minimum absolute atomic E-state index is 0.215. The van der Waals surface area contributed by atoms with E-state index in [2.05, 4.69) is 10.2 Å². The van der Waals surface area contributed by atoms with Gasteiger partial charge in [-0.2, -0.15) is 15.0 Å². The topological polar surface area (TPSA) is 68.0 Å². The summed E-state index contributed by atoms with van der Waals surface area (Å²) in [7, 11) is 0. The highest BCUT2D eigenvalue weighted by atomic mass is 16.4. The maximum atomic E-state index is 10.4. The van der Waals surface area contributed by atoms with Gasteiger partial charge in [-0.05, 0) is 31.4 Å². The van der Waals surface area contributed by atoms with Crippen LogP contribution in [0.15, 0.2) is 36.5 Å². The van der Waals surface area contributed by atoms with E-state index in [-0.39, 0.29) is 6.42 Å². The van der Waals surface area contributed by atoms with Gasteiger partial charge in [0.1, 0.15) is 0 Å². The third-order valence-corrected chi connectivity index (χ3v) is 2.60. The predicted molar refractivity (Wildman–Crippen MR) is 66.5 cm³/mol. The van der Waals surface area contributed by atoms with E-state index in [1.165, 1.54) is 0 Å². The molecule has 1 aromatic heterocycles. The Hall–Kier alpha value is -2.17. The minimum Gasteiger partial charge on any atom is -0.481 e. The third-order valence-electron chi connectivity index (χ3n) is 2.60. The molecule has 94 valence electrons. The van der Waals surface area contributed by atoms with Gasteiger partial charge in [0.2, 0.25) is 0 Å². The second-order valence-electron chi connectivity index (χ2n) is 4.06. The van der Waals surface area contributed by atoms with Crippen LogP contribution in [0, 0.1) is 0 Å². The van der Waals surface area contributed by atoms with E-state index in [1.54, 1.807) is 11.0 Å². The number of aromatic nitrogens is 3. The lowest BCUT2D eigenvalue weighted by molar-refractivity contribution is -0.137. The van der Waals surface area contributed by atoms with Crippen molar-refractivity contribution in [2.45, 2.75) is 25.7 Å². The Morgan fingerprint density at radius 3 is 2.72 bits per heavy atom. The van der Waals surface area contributed by atoms with E-state index in [4.69, 9.17) is 5.11 Å². The zero-order valence-electron chi connectivity index (χ0n) is 9.99. The highest BCUT2D eigenvalue weighted by molar-refractivity contribution is 5.66. The Kier molecular flexibility index (Phi) is 4.06. The number of carbonyl (C=O) groups is 1. The molecule has 1 heterocycles. The number of aliphatic carboxylic acids is 1. The van der Waals surface area contributed by atoms with Crippen molar-refractivity contribution in [2.24, 2.45) is 0 Å². The monoisotopic (exact) mass is 245 g/mol. The molecular weight excluding hydrogens is 230 g/mol. The molecule has 0 fully saturated rings. The summed E-state index contributed by atoms with van der Waals surface area (Å²) in [5.74, 6) is -0.747. The van der Waals surface area contributed by atoms with Gasteiger partial charge in [0.05, 0.1) is 17.6 Å². The molecule has 5 nitrogen and oxygen atoms in total. The van der Waals surface area contributed by atoms with Gasteiger partial charge in [-0.25, -0.2) is 0 Å². The molecule has 2 rings (SSSR count). The van der Waals surface area contributed by atoms with Crippen LogP contribution in [0.4, 0.5) is 0 Å². The zero-order valence-corrected chi connectivity index (χ0v) is 9.99. The van der Waals surface area contributed by atoms with Crippen LogP contribution in [-0.4, -0.2) is 26.1 Å². The van der Waals surface area contributed by atoms with Crippen LogP contribution in [-0.2, 0) is 11.2 Å². The molecule has 0 saturated carbocycles. The molecule has 0 unspecified atom stereocenters. The second-order valence-corrected chi connectivity index (χ2v) is 4.06. The van der Waals surface area contributed by atoms with Crippen molar-refractivity contribution >= 4 is 5.97 Å². The maximum absolute atomic E-state index is 10.4. The van der Waals surface area contributed by atoms with Crippen molar-refractivity contribution < 1.29 is 9.90 Å². The van der Waals surface area contributed by atoms with Gasteiger partial charge in [-0.1, -0.05) is 18.2 Å². The number of carboxylic acid groups (broad SMARTS) is 1. The van der Waals surface area contributed by atoms with Gasteiger partial charge >= 0.3 is 5.97 Å². The smallest absolute Gasteiger partial charge is 0.303 e. The molecule has 2 aromatic rings. The summed E-state index contributed by atoms with van der Waals surface area (Å²) in [4.78, 5) is 12.0. The molecule has 0 aliphatic heterocycles. The average Bonchev–Trinajstić information content (AvgIpc) is 2.84. The third kappa shape index (κ3) is 3.41. The van der Waals surface area contributed by atoms with Gasteiger partial charge in [0.25, 0.3) is 0 Å². The first-order valence-corrected chi connectivity index (χ1v) is 5.94. The predicted octanol–water partition coefficient (Wildman–Crippen LogP) is 2.06. The first-order chi connectivity index (χ1) is 8.75. The molecule has 0 saturated heterocycles. The Bertz CT molecular complexity index is 508. The molecule has 0 amide bonds. The highest BCUT2D eigenvalue weighted by Gasteiger charge is 2.03. The average molecular weight is 245 g/mol. The quantitative estimate of drug-likeness (QED) is 0.791. The van der Waals surface area contributed by atoms with Crippen LogP contribution in [0.2, 0.25) is 0 Å². The van der Waals surface area contributed by atoms with Gasteiger partial charge in [-0.3, -0.25) is 4.79 Å². The fraction of sp³-hybridized carbons (Fsp3) is 0.308. The lowest BCUT2D eigenvalue weighted by atomic mass is 10.1. The van der Waals surface area contributed by atoms with E-state index in [0.29, 0.717) is 6.42 Å². The lowest BCUT2D eigenvalue weighted by Crippen LogP contribution is -1.99. The number of unbranched alkanes of at least 4 members (excludes halogenated alkanes) is 1. The number of para-hydroxylation sites is 1. The van der Waals surface area contributed by atoms with Gasteiger partial charge < -0.3 is 5.11 Å². The number of benzene rings is 1. The zero-order chi connectivity index (χ0) is 12.8. The van der Waals surface area contributed by atoms with Gasteiger partial charge in [-0.15, -0.1) is 0 Å². The van der Waals surface area contributed by atoms with E-state index in [1.807, 2.05) is 30.3 Å². The Morgan fingerprint density at radius 2 is 2.00 bits per heavy atom. The second kappa shape index (κ2) is 5.95. The summed E-state index contributed by atoms with van der Waals surface area (Å²) >= 11 is 0. The Morgan fingerprint density at radius 1 is 1.22 bits per heavy atom. The van der Waals surface area contributed by atoms with Gasteiger partial charge in [0, 0.05) is 6.42 Å². The van der Waals surface area contributed by atoms with Crippen molar-refractivity contribution in [3.05, 3.63) is 42.2 Å². The normalized spacial score (nSPS) is 10.4. The Labute approximate surface area is 105 Å². The molecule has 0 bridgehead atoms. The fourth-order valence-electron chi connectivity index (χ4n) is 1.68. The largest absolute Gasteiger partial charge is 0.481 e. The number of aryl methyl sites for hydroxylation is 1. The van der Waals surface area contributed by atoms with Crippen LogP contribution >= 0.6 is 0 Å². The van der Waals surface area contributed by atoms with Crippen molar-refractivity contribution in [1.29, 1.82) is 0 Å². The van der Waals surface area contributed by atoms with Crippen LogP contribution in [0.5, 0.6) is 0 Å². The number of carboxylic acids is 1. The van der Waals surface area contributed by atoms with Crippen molar-refractivity contribution in [3.8, 4) is 5.69 Å². The molecule has 0 atom stereocenters. The summed E-state index contributed by atoms with van der Waals surface area (Å²) in [5.41, 5.74) is 1.82. The standard InChI is InChI=1S/C13H15N3O2/c17-13(18)9-5-4-6-11-10-14-16(15-11)12-7-2-1-3-8-12/h1-3,7-8,10H,4-6,9H2,(H,17,18). The van der Waals surface area contributed by atoms with E-state index in [0.717, 1.165) is 24.2 Å². The minimum atomic E-state index is -0.747. The number of rotatable bonds is 6. The molecule has 0 radical (unpaired) electrons.